The number of nitrogens with zero attached hydrogens (tertiary/aromatic N) is 4. The van der Waals surface area contributed by atoms with Crippen LogP contribution in [-0.4, -0.2) is 45.1 Å². The summed E-state index contributed by atoms with van der Waals surface area (Å²) in [5.41, 5.74) is 6.89. The molecule has 2 aromatic heterocycles. The van der Waals surface area contributed by atoms with Crippen molar-refractivity contribution in [1.82, 2.24) is 19.4 Å². The molecular formula is C22H36N6O. The Morgan fingerprint density at radius 3 is 2.45 bits per heavy atom. The first-order valence-corrected chi connectivity index (χ1v) is 10.9. The number of aromatic nitrogens is 3. The molecule has 3 N–H and O–H groups in total. The van der Waals surface area contributed by atoms with Gasteiger partial charge in [-0.1, -0.05) is 26.8 Å². The van der Waals surface area contributed by atoms with E-state index in [1.807, 2.05) is 38.2 Å². The van der Waals surface area contributed by atoms with E-state index in [0.29, 0.717) is 24.2 Å². The second-order valence-corrected chi connectivity index (χ2v) is 7.21. The lowest BCUT2D eigenvalue weighted by atomic mass is 10.1. The van der Waals surface area contributed by atoms with E-state index in [-0.39, 0.29) is 5.69 Å². The third-order valence-electron chi connectivity index (χ3n) is 5.12. The van der Waals surface area contributed by atoms with E-state index < -0.39 is 0 Å². The SMILES string of the molecule is CC.CCc1ccc(Nc2ccn(CCCCN3CCC(N)CC3)c(=O)n2)nc1. The Bertz CT molecular complexity index is 766. The zero-order valence-corrected chi connectivity index (χ0v) is 18.1. The molecule has 3 heterocycles. The summed E-state index contributed by atoms with van der Waals surface area (Å²) in [6.45, 7) is 10.1. The van der Waals surface area contributed by atoms with Gasteiger partial charge < -0.3 is 16.0 Å². The summed E-state index contributed by atoms with van der Waals surface area (Å²) in [6.07, 6.45) is 8.82. The molecule has 1 fully saturated rings. The van der Waals surface area contributed by atoms with Crippen LogP contribution in [0.15, 0.2) is 35.4 Å². The molecule has 0 amide bonds. The molecule has 0 aliphatic carbocycles. The van der Waals surface area contributed by atoms with Crippen molar-refractivity contribution in [1.29, 1.82) is 0 Å². The van der Waals surface area contributed by atoms with Crippen LogP contribution < -0.4 is 16.7 Å². The lowest BCUT2D eigenvalue weighted by molar-refractivity contribution is 0.208. The fourth-order valence-electron chi connectivity index (χ4n) is 3.30. The Hall–Kier alpha value is -2.25. The topological polar surface area (TPSA) is 89.1 Å². The molecule has 1 saturated heterocycles. The summed E-state index contributed by atoms with van der Waals surface area (Å²) in [4.78, 5) is 23.2. The maximum absolute atomic E-state index is 12.2. The van der Waals surface area contributed by atoms with Gasteiger partial charge in [-0.25, -0.2) is 9.78 Å². The van der Waals surface area contributed by atoms with E-state index in [2.05, 4.69) is 27.1 Å². The van der Waals surface area contributed by atoms with Crippen molar-refractivity contribution in [2.45, 2.75) is 65.5 Å². The van der Waals surface area contributed by atoms with Crippen LogP contribution in [0.25, 0.3) is 0 Å². The molecule has 0 unspecified atom stereocenters. The average molecular weight is 401 g/mol. The van der Waals surface area contributed by atoms with Crippen molar-refractivity contribution < 1.29 is 0 Å². The van der Waals surface area contributed by atoms with E-state index in [9.17, 15) is 4.79 Å². The van der Waals surface area contributed by atoms with Crippen LogP contribution in [0, 0.1) is 0 Å². The number of anilines is 2. The molecule has 1 aliphatic heterocycles. The quantitative estimate of drug-likeness (QED) is 0.662. The van der Waals surface area contributed by atoms with E-state index in [1.165, 1.54) is 5.56 Å². The van der Waals surface area contributed by atoms with Crippen molar-refractivity contribution in [3.63, 3.8) is 0 Å². The van der Waals surface area contributed by atoms with Crippen LogP contribution in [0.5, 0.6) is 0 Å². The predicted molar refractivity (Wildman–Crippen MR) is 120 cm³/mol. The summed E-state index contributed by atoms with van der Waals surface area (Å²) in [5, 5.41) is 3.08. The average Bonchev–Trinajstić information content (AvgIpc) is 2.76. The molecule has 0 atom stereocenters. The second kappa shape index (κ2) is 12.3. The summed E-state index contributed by atoms with van der Waals surface area (Å²) < 4.78 is 1.67. The highest BCUT2D eigenvalue weighted by Crippen LogP contribution is 2.12. The molecule has 0 spiro atoms. The van der Waals surface area contributed by atoms with Crippen LogP contribution in [-0.2, 0) is 13.0 Å². The van der Waals surface area contributed by atoms with Crippen molar-refractivity contribution in [2.75, 3.05) is 25.0 Å². The predicted octanol–water partition coefficient (Wildman–Crippen LogP) is 3.17. The van der Waals surface area contributed by atoms with Gasteiger partial charge in [0, 0.05) is 25.0 Å². The lowest BCUT2D eigenvalue weighted by Crippen LogP contribution is -2.40. The van der Waals surface area contributed by atoms with E-state index in [0.717, 1.165) is 51.7 Å². The highest BCUT2D eigenvalue weighted by atomic mass is 16.1. The first-order chi connectivity index (χ1) is 14.1. The highest BCUT2D eigenvalue weighted by molar-refractivity contribution is 5.50. The number of nitrogens with two attached hydrogens (primary N) is 1. The largest absolute Gasteiger partial charge is 0.349 e. The Balaban J connectivity index is 0.00000145. The summed E-state index contributed by atoms with van der Waals surface area (Å²) >= 11 is 0. The van der Waals surface area contributed by atoms with Gasteiger partial charge in [-0.3, -0.25) is 4.57 Å². The van der Waals surface area contributed by atoms with Crippen molar-refractivity contribution in [3.05, 3.63) is 46.6 Å². The molecular weight excluding hydrogens is 364 g/mol. The maximum Gasteiger partial charge on any atom is 0.349 e. The summed E-state index contributed by atoms with van der Waals surface area (Å²) in [6, 6.07) is 6.12. The molecule has 29 heavy (non-hydrogen) atoms. The summed E-state index contributed by atoms with van der Waals surface area (Å²) in [7, 11) is 0. The number of aryl methyl sites for hydroxylation is 2. The number of unbranched alkanes of at least 4 members (excludes halogenated alkanes) is 1. The summed E-state index contributed by atoms with van der Waals surface area (Å²) in [5.74, 6) is 1.22. The van der Waals surface area contributed by atoms with Gasteiger partial charge in [-0.2, -0.15) is 4.98 Å². The van der Waals surface area contributed by atoms with Crippen molar-refractivity contribution in [3.8, 4) is 0 Å². The first kappa shape index (κ1) is 23.0. The number of piperidine rings is 1. The number of hydrogen-bond donors (Lipinski definition) is 2. The zero-order valence-electron chi connectivity index (χ0n) is 18.1. The molecule has 0 aromatic carbocycles. The van der Waals surface area contributed by atoms with Gasteiger partial charge in [0.05, 0.1) is 0 Å². The lowest BCUT2D eigenvalue weighted by Gasteiger charge is -2.29. The third kappa shape index (κ3) is 7.59. The number of nitrogens with one attached hydrogen (secondary N) is 1. The highest BCUT2D eigenvalue weighted by Gasteiger charge is 2.15. The fourth-order valence-corrected chi connectivity index (χ4v) is 3.30. The monoisotopic (exact) mass is 400 g/mol. The van der Waals surface area contributed by atoms with Crippen LogP contribution in [0.3, 0.4) is 0 Å². The Labute approximate surface area is 174 Å². The van der Waals surface area contributed by atoms with Crippen LogP contribution in [0.2, 0.25) is 0 Å². The minimum absolute atomic E-state index is 0.228. The molecule has 1 aliphatic rings. The first-order valence-electron chi connectivity index (χ1n) is 10.9. The van der Waals surface area contributed by atoms with Crippen molar-refractivity contribution >= 4 is 11.6 Å². The van der Waals surface area contributed by atoms with Crippen LogP contribution in [0.1, 0.15) is 52.0 Å². The zero-order chi connectivity index (χ0) is 21.1. The van der Waals surface area contributed by atoms with Gasteiger partial charge >= 0.3 is 5.69 Å². The van der Waals surface area contributed by atoms with Crippen molar-refractivity contribution in [2.24, 2.45) is 5.73 Å². The number of likely N-dealkylation sites (tertiary alicyclic amines) is 1. The number of rotatable bonds is 8. The minimum Gasteiger partial charge on any atom is -0.328 e. The standard InChI is InChI=1S/C20H30N6O.C2H6/c1-2-16-5-6-18(22-15-16)23-19-9-14-26(20(27)24-19)11-4-3-10-25-12-7-17(21)8-13-25;1-2/h5-6,9,14-15,17H,2-4,7-8,10-13,21H2,1H3,(H,22,23,24,27);1-2H3. The maximum atomic E-state index is 12.2. The molecule has 0 saturated carbocycles. The third-order valence-corrected chi connectivity index (χ3v) is 5.12. The molecule has 7 nitrogen and oxygen atoms in total. The van der Waals surface area contributed by atoms with Gasteiger partial charge in [0.25, 0.3) is 0 Å². The number of pyridine rings is 1. The Kier molecular flexibility index (Phi) is 9.80. The second-order valence-electron chi connectivity index (χ2n) is 7.21. The minimum atomic E-state index is -0.228. The van der Waals surface area contributed by atoms with E-state index >= 15 is 0 Å². The number of hydrogen-bond acceptors (Lipinski definition) is 6. The van der Waals surface area contributed by atoms with Gasteiger partial charge in [-0.15, -0.1) is 0 Å². The van der Waals surface area contributed by atoms with Gasteiger partial charge in [0.15, 0.2) is 0 Å². The van der Waals surface area contributed by atoms with E-state index in [4.69, 9.17) is 5.73 Å². The van der Waals surface area contributed by atoms with Crippen LogP contribution >= 0.6 is 0 Å². The normalized spacial score (nSPS) is 14.9. The van der Waals surface area contributed by atoms with E-state index in [1.54, 1.807) is 10.8 Å². The Morgan fingerprint density at radius 2 is 1.83 bits per heavy atom. The molecule has 0 bridgehead atoms. The van der Waals surface area contributed by atoms with Gasteiger partial charge in [0.1, 0.15) is 11.6 Å². The fraction of sp³-hybridized carbons (Fsp3) is 0.591. The molecule has 7 heteroatoms. The van der Waals surface area contributed by atoms with Crippen LogP contribution in [0.4, 0.5) is 11.6 Å². The van der Waals surface area contributed by atoms with Gasteiger partial charge in [-0.05, 0) is 69.4 Å². The molecule has 2 aromatic rings. The Morgan fingerprint density at radius 1 is 1.10 bits per heavy atom. The molecule has 160 valence electrons. The smallest absolute Gasteiger partial charge is 0.328 e. The molecule has 3 rings (SSSR count). The molecule has 0 radical (unpaired) electrons. The van der Waals surface area contributed by atoms with Gasteiger partial charge in [0.2, 0.25) is 0 Å².